The number of aromatic hydroxyl groups is 1. The summed E-state index contributed by atoms with van der Waals surface area (Å²) in [6, 6.07) is 22.7. The van der Waals surface area contributed by atoms with Gasteiger partial charge in [-0.05, 0) is 48.5 Å². The number of fused-ring (bicyclic) bond motifs is 2. The number of aromatic carboxylic acids is 1. The van der Waals surface area contributed by atoms with Crippen molar-refractivity contribution in [3.8, 4) is 5.75 Å². The van der Waals surface area contributed by atoms with Crippen LogP contribution in [0, 0.1) is 0 Å². The number of benzene rings is 4. The summed E-state index contributed by atoms with van der Waals surface area (Å²) in [6.07, 6.45) is 0. The van der Waals surface area contributed by atoms with E-state index in [9.17, 15) is 19.5 Å². The van der Waals surface area contributed by atoms with Crippen LogP contribution in [0.5, 0.6) is 5.75 Å². The van der Waals surface area contributed by atoms with E-state index in [2.05, 4.69) is 15.5 Å². The Balaban J connectivity index is 1.38. The number of hydrogen-bond acceptors (Lipinski definition) is 7. The second-order valence-corrected chi connectivity index (χ2v) is 7.81. The van der Waals surface area contributed by atoms with Crippen LogP contribution in [0.3, 0.4) is 0 Å². The van der Waals surface area contributed by atoms with Gasteiger partial charge in [0.2, 0.25) is 0 Å². The van der Waals surface area contributed by atoms with Gasteiger partial charge in [0.05, 0.1) is 22.6 Å². The molecule has 0 aromatic heterocycles. The number of azo groups is 1. The van der Waals surface area contributed by atoms with E-state index in [4.69, 9.17) is 5.11 Å². The number of anilines is 2. The summed E-state index contributed by atoms with van der Waals surface area (Å²) in [5, 5.41) is 30.0. The molecule has 4 aromatic carbocycles. The molecule has 0 amide bonds. The van der Waals surface area contributed by atoms with Crippen LogP contribution in [-0.2, 0) is 0 Å². The molecule has 170 valence electrons. The Bertz CT molecular complexity index is 1540. The molecule has 0 unspecified atom stereocenters. The molecule has 0 spiro atoms. The average molecular weight is 463 g/mol. The number of carboxylic acids is 1. The van der Waals surface area contributed by atoms with Gasteiger partial charge in [-0.1, -0.05) is 36.4 Å². The highest BCUT2D eigenvalue weighted by Gasteiger charge is 2.31. The first kappa shape index (κ1) is 21.7. The van der Waals surface area contributed by atoms with Crippen molar-refractivity contribution < 1.29 is 24.6 Å². The molecule has 8 heteroatoms. The predicted molar refractivity (Wildman–Crippen MR) is 129 cm³/mol. The van der Waals surface area contributed by atoms with Gasteiger partial charge in [-0.15, -0.1) is 0 Å². The van der Waals surface area contributed by atoms with E-state index in [-0.39, 0.29) is 28.6 Å². The molecular formula is C27H17N3O5. The number of hydrogen-bond donors (Lipinski definition) is 3. The Morgan fingerprint density at radius 1 is 0.714 bits per heavy atom. The summed E-state index contributed by atoms with van der Waals surface area (Å²) in [6.45, 7) is 0. The lowest BCUT2D eigenvalue weighted by molar-refractivity contribution is 0.0693. The molecule has 35 heavy (non-hydrogen) atoms. The van der Waals surface area contributed by atoms with Gasteiger partial charge in [-0.25, -0.2) is 4.79 Å². The summed E-state index contributed by atoms with van der Waals surface area (Å²) in [5.41, 5.74) is 3.21. The van der Waals surface area contributed by atoms with Gasteiger partial charge in [0.1, 0.15) is 11.3 Å². The lowest BCUT2D eigenvalue weighted by Crippen LogP contribution is -2.21. The van der Waals surface area contributed by atoms with E-state index in [1.807, 2.05) is 0 Å². The van der Waals surface area contributed by atoms with Crippen molar-refractivity contribution >= 4 is 40.3 Å². The van der Waals surface area contributed by atoms with Crippen LogP contribution in [0.25, 0.3) is 0 Å². The van der Waals surface area contributed by atoms with Crippen molar-refractivity contribution in [2.24, 2.45) is 10.2 Å². The third-order valence-electron chi connectivity index (χ3n) is 5.59. The van der Waals surface area contributed by atoms with Crippen LogP contribution < -0.4 is 5.32 Å². The fourth-order valence-electron chi connectivity index (χ4n) is 3.89. The maximum atomic E-state index is 13.2. The summed E-state index contributed by atoms with van der Waals surface area (Å²) in [4.78, 5) is 37.2. The maximum absolute atomic E-state index is 13.2. The van der Waals surface area contributed by atoms with Gasteiger partial charge in [-0.2, -0.15) is 10.2 Å². The van der Waals surface area contributed by atoms with Crippen molar-refractivity contribution in [1.82, 2.24) is 0 Å². The number of phenols is 1. The highest BCUT2D eigenvalue weighted by atomic mass is 16.4. The first-order chi connectivity index (χ1) is 16.9. The van der Waals surface area contributed by atoms with Gasteiger partial charge in [0.25, 0.3) is 0 Å². The Labute approximate surface area is 199 Å². The lowest BCUT2D eigenvalue weighted by atomic mass is 9.83. The Morgan fingerprint density at radius 3 is 2.06 bits per heavy atom. The standard InChI is InChI=1S/C27H17N3O5/c31-23-13-12-17(14-21(23)27(34)35)30-29-16-10-8-15(9-11-16)28-22-7-3-6-20-24(22)26(33)19-5-2-1-4-18(19)25(20)32/h1-14,28,31H,(H,34,35). The number of nitrogens with one attached hydrogen (secondary N) is 1. The highest BCUT2D eigenvalue weighted by molar-refractivity contribution is 6.30. The summed E-state index contributed by atoms with van der Waals surface area (Å²) in [5.74, 6) is -2.01. The van der Waals surface area contributed by atoms with Gasteiger partial charge in [0, 0.05) is 22.4 Å². The molecule has 5 rings (SSSR count). The summed E-state index contributed by atoms with van der Waals surface area (Å²) in [7, 11) is 0. The highest BCUT2D eigenvalue weighted by Crippen LogP contribution is 2.34. The van der Waals surface area contributed by atoms with Crippen LogP contribution in [-0.4, -0.2) is 27.7 Å². The number of carbonyl (C=O) groups excluding carboxylic acids is 2. The largest absolute Gasteiger partial charge is 0.507 e. The second kappa shape index (κ2) is 8.68. The fraction of sp³-hybridized carbons (Fsp3) is 0. The molecule has 1 aliphatic rings. The molecule has 0 radical (unpaired) electrons. The molecule has 0 saturated heterocycles. The molecule has 0 saturated carbocycles. The molecule has 0 heterocycles. The summed E-state index contributed by atoms with van der Waals surface area (Å²) < 4.78 is 0. The van der Waals surface area contributed by atoms with Crippen molar-refractivity contribution in [2.45, 2.75) is 0 Å². The zero-order chi connectivity index (χ0) is 24.5. The monoisotopic (exact) mass is 463 g/mol. The molecule has 3 N–H and O–H groups in total. The minimum absolute atomic E-state index is 0.185. The molecule has 0 bridgehead atoms. The molecular weight excluding hydrogens is 446 g/mol. The molecule has 0 fully saturated rings. The Kier molecular flexibility index (Phi) is 5.39. The van der Waals surface area contributed by atoms with Crippen molar-refractivity contribution in [3.63, 3.8) is 0 Å². The van der Waals surface area contributed by atoms with Crippen molar-refractivity contribution in [3.05, 3.63) is 113 Å². The molecule has 0 atom stereocenters. The number of rotatable bonds is 5. The Morgan fingerprint density at radius 2 is 1.34 bits per heavy atom. The third kappa shape index (κ3) is 4.04. The first-order valence-electron chi connectivity index (χ1n) is 10.6. The zero-order valence-electron chi connectivity index (χ0n) is 18.1. The van der Waals surface area contributed by atoms with Crippen molar-refractivity contribution in [1.29, 1.82) is 0 Å². The van der Waals surface area contributed by atoms with Gasteiger partial charge < -0.3 is 15.5 Å². The number of ketones is 2. The molecule has 1 aliphatic carbocycles. The van der Waals surface area contributed by atoms with E-state index in [1.54, 1.807) is 66.7 Å². The van der Waals surface area contributed by atoms with Crippen LogP contribution >= 0.6 is 0 Å². The fourth-order valence-corrected chi connectivity index (χ4v) is 3.89. The van der Waals surface area contributed by atoms with E-state index in [0.29, 0.717) is 39.3 Å². The van der Waals surface area contributed by atoms with Crippen molar-refractivity contribution in [2.75, 3.05) is 5.32 Å². The average Bonchev–Trinajstić information content (AvgIpc) is 2.87. The molecule has 8 nitrogen and oxygen atoms in total. The van der Waals surface area contributed by atoms with Gasteiger partial charge >= 0.3 is 5.97 Å². The van der Waals surface area contributed by atoms with Gasteiger partial charge in [-0.3, -0.25) is 9.59 Å². The lowest BCUT2D eigenvalue weighted by Gasteiger charge is -2.20. The first-order valence-corrected chi connectivity index (χ1v) is 10.6. The Hall–Kier alpha value is -5.11. The number of carbonyl (C=O) groups is 3. The van der Waals surface area contributed by atoms with E-state index in [1.165, 1.54) is 18.2 Å². The SMILES string of the molecule is O=C(O)c1cc(N=Nc2ccc(Nc3cccc4c3C(=O)c3ccccc3C4=O)cc2)ccc1O. The minimum Gasteiger partial charge on any atom is -0.507 e. The third-order valence-corrected chi connectivity index (χ3v) is 5.59. The summed E-state index contributed by atoms with van der Waals surface area (Å²) >= 11 is 0. The maximum Gasteiger partial charge on any atom is 0.339 e. The predicted octanol–water partition coefficient (Wildman–Crippen LogP) is 6.02. The van der Waals surface area contributed by atoms with Crippen LogP contribution in [0.2, 0.25) is 0 Å². The smallest absolute Gasteiger partial charge is 0.339 e. The van der Waals surface area contributed by atoms with Gasteiger partial charge in [0.15, 0.2) is 11.6 Å². The van der Waals surface area contributed by atoms with Crippen LogP contribution in [0.4, 0.5) is 22.7 Å². The zero-order valence-corrected chi connectivity index (χ0v) is 18.1. The quantitative estimate of drug-likeness (QED) is 0.273. The van der Waals surface area contributed by atoms with Crippen LogP contribution in [0.1, 0.15) is 42.2 Å². The van der Waals surface area contributed by atoms with E-state index in [0.717, 1.165) is 0 Å². The topological polar surface area (TPSA) is 128 Å². The number of carboxylic acid groups (broad SMARTS) is 1. The minimum atomic E-state index is -1.26. The normalized spacial score (nSPS) is 12.3. The molecule has 4 aromatic rings. The number of nitrogens with zero attached hydrogens (tertiary/aromatic N) is 2. The molecule has 0 aliphatic heterocycles. The second-order valence-electron chi connectivity index (χ2n) is 7.81. The van der Waals surface area contributed by atoms with E-state index < -0.39 is 5.97 Å². The van der Waals surface area contributed by atoms with Crippen LogP contribution in [0.15, 0.2) is 95.2 Å². The van der Waals surface area contributed by atoms with E-state index >= 15 is 0 Å².